The van der Waals surface area contributed by atoms with E-state index >= 15 is 0 Å². The van der Waals surface area contributed by atoms with Crippen molar-refractivity contribution in [2.24, 2.45) is 0 Å². The van der Waals surface area contributed by atoms with E-state index in [4.69, 9.17) is 0 Å². The Hall–Kier alpha value is -0.970. The molecule has 0 amide bonds. The normalized spacial score (nSPS) is 11.1. The summed E-state index contributed by atoms with van der Waals surface area (Å²) >= 11 is 0. The summed E-state index contributed by atoms with van der Waals surface area (Å²) in [6.45, 7) is 3.13. The predicted octanol–water partition coefficient (Wildman–Crippen LogP) is 1.65. The Balaban J connectivity index is 2.37. The van der Waals surface area contributed by atoms with Crippen LogP contribution >= 0.6 is 0 Å². The highest BCUT2D eigenvalue weighted by atomic mass is 19.3. The van der Waals surface area contributed by atoms with E-state index in [2.05, 4.69) is 17.2 Å². The van der Waals surface area contributed by atoms with E-state index in [0.717, 1.165) is 18.7 Å². The van der Waals surface area contributed by atoms with Gasteiger partial charge in [-0.1, -0.05) is 6.92 Å². The van der Waals surface area contributed by atoms with Gasteiger partial charge < -0.3 is 9.88 Å². The second-order valence-electron chi connectivity index (χ2n) is 3.10. The number of hydrogen-bond donors (Lipinski definition) is 1. The van der Waals surface area contributed by atoms with Crippen molar-refractivity contribution in [1.82, 2.24) is 14.9 Å². The van der Waals surface area contributed by atoms with Gasteiger partial charge in [-0.2, -0.15) is 0 Å². The molecule has 0 atom stereocenters. The van der Waals surface area contributed by atoms with Gasteiger partial charge in [0.05, 0.1) is 18.6 Å². The maximum absolute atomic E-state index is 11.8. The molecule has 0 bridgehead atoms. The Morgan fingerprint density at radius 2 is 2.36 bits per heavy atom. The fourth-order valence-corrected chi connectivity index (χ4v) is 1.25. The van der Waals surface area contributed by atoms with Crippen LogP contribution in [0.5, 0.6) is 0 Å². The molecular formula is C9H15F2N3. The van der Waals surface area contributed by atoms with Gasteiger partial charge in [0.2, 0.25) is 0 Å². The van der Waals surface area contributed by atoms with Crippen LogP contribution < -0.4 is 5.32 Å². The zero-order valence-electron chi connectivity index (χ0n) is 8.21. The van der Waals surface area contributed by atoms with E-state index in [1.54, 1.807) is 12.5 Å². The zero-order valence-corrected chi connectivity index (χ0v) is 8.21. The number of imidazole rings is 1. The van der Waals surface area contributed by atoms with Crippen molar-refractivity contribution in [3.8, 4) is 0 Å². The first-order chi connectivity index (χ1) is 6.74. The standard InChI is InChI=1S/C9H15F2N3/c1-2-3-14-7-13-5-8(14)4-12-6-9(10)11/h5,7,9,12H,2-4,6H2,1H3. The number of alkyl halides is 2. The number of nitrogens with one attached hydrogen (secondary N) is 1. The lowest BCUT2D eigenvalue weighted by molar-refractivity contribution is 0.145. The van der Waals surface area contributed by atoms with Gasteiger partial charge in [-0.25, -0.2) is 13.8 Å². The lowest BCUT2D eigenvalue weighted by Gasteiger charge is -2.07. The number of aromatic nitrogens is 2. The molecule has 0 aliphatic carbocycles. The summed E-state index contributed by atoms with van der Waals surface area (Å²) in [5.74, 6) is 0. The quantitative estimate of drug-likeness (QED) is 0.761. The van der Waals surface area contributed by atoms with E-state index < -0.39 is 6.43 Å². The van der Waals surface area contributed by atoms with Gasteiger partial charge in [0, 0.05) is 19.3 Å². The molecule has 1 rings (SSSR count). The van der Waals surface area contributed by atoms with Crippen LogP contribution in [0.15, 0.2) is 12.5 Å². The van der Waals surface area contributed by atoms with Crippen molar-refractivity contribution in [2.75, 3.05) is 6.54 Å². The molecule has 0 radical (unpaired) electrons. The number of halogens is 2. The van der Waals surface area contributed by atoms with Crippen molar-refractivity contribution in [3.05, 3.63) is 18.2 Å². The van der Waals surface area contributed by atoms with Crippen LogP contribution in [0.3, 0.4) is 0 Å². The van der Waals surface area contributed by atoms with Gasteiger partial charge in [-0.05, 0) is 6.42 Å². The van der Waals surface area contributed by atoms with Crippen LogP contribution in [0.4, 0.5) is 8.78 Å². The summed E-state index contributed by atoms with van der Waals surface area (Å²) in [4.78, 5) is 3.97. The number of rotatable bonds is 6. The number of nitrogens with zero attached hydrogens (tertiary/aromatic N) is 2. The van der Waals surface area contributed by atoms with E-state index in [0.29, 0.717) is 6.54 Å². The number of aryl methyl sites for hydroxylation is 1. The van der Waals surface area contributed by atoms with Gasteiger partial charge in [0.1, 0.15) is 0 Å². The van der Waals surface area contributed by atoms with Crippen molar-refractivity contribution >= 4 is 0 Å². The minimum Gasteiger partial charge on any atom is -0.333 e. The average Bonchev–Trinajstić information content (AvgIpc) is 2.53. The average molecular weight is 203 g/mol. The highest BCUT2D eigenvalue weighted by Gasteiger charge is 2.03. The first-order valence-corrected chi connectivity index (χ1v) is 4.72. The van der Waals surface area contributed by atoms with Crippen LogP contribution in [0.2, 0.25) is 0 Å². The first kappa shape index (κ1) is 11.1. The summed E-state index contributed by atoms with van der Waals surface area (Å²) in [7, 11) is 0. The second-order valence-corrected chi connectivity index (χ2v) is 3.10. The van der Waals surface area contributed by atoms with E-state index in [-0.39, 0.29) is 6.54 Å². The molecule has 3 nitrogen and oxygen atoms in total. The molecule has 1 aromatic heterocycles. The third-order valence-corrected chi connectivity index (χ3v) is 1.87. The summed E-state index contributed by atoms with van der Waals surface area (Å²) in [5.41, 5.74) is 0.951. The first-order valence-electron chi connectivity index (χ1n) is 4.72. The van der Waals surface area contributed by atoms with E-state index in [1.165, 1.54) is 0 Å². The monoisotopic (exact) mass is 203 g/mol. The third kappa shape index (κ3) is 3.41. The maximum atomic E-state index is 11.8. The van der Waals surface area contributed by atoms with Crippen LogP contribution in [-0.4, -0.2) is 22.5 Å². The zero-order chi connectivity index (χ0) is 10.4. The molecule has 1 N–H and O–H groups in total. The van der Waals surface area contributed by atoms with Crippen LogP contribution in [0, 0.1) is 0 Å². The van der Waals surface area contributed by atoms with Crippen LogP contribution in [0.25, 0.3) is 0 Å². The second kappa shape index (κ2) is 5.70. The lowest BCUT2D eigenvalue weighted by Crippen LogP contribution is -2.22. The molecule has 0 aliphatic heterocycles. The van der Waals surface area contributed by atoms with Crippen molar-refractivity contribution in [3.63, 3.8) is 0 Å². The molecule has 0 aromatic carbocycles. The summed E-state index contributed by atoms with van der Waals surface area (Å²) in [5, 5.41) is 2.68. The molecule has 14 heavy (non-hydrogen) atoms. The van der Waals surface area contributed by atoms with Gasteiger partial charge in [-0.3, -0.25) is 0 Å². The van der Waals surface area contributed by atoms with Gasteiger partial charge in [0.15, 0.2) is 0 Å². The van der Waals surface area contributed by atoms with E-state index in [9.17, 15) is 8.78 Å². The Bertz CT molecular complexity index is 260. The van der Waals surface area contributed by atoms with Crippen LogP contribution in [0.1, 0.15) is 19.0 Å². The highest BCUT2D eigenvalue weighted by Crippen LogP contribution is 2.00. The van der Waals surface area contributed by atoms with Crippen molar-refractivity contribution < 1.29 is 8.78 Å². The molecular weight excluding hydrogens is 188 g/mol. The smallest absolute Gasteiger partial charge is 0.250 e. The Morgan fingerprint density at radius 1 is 1.57 bits per heavy atom. The SMILES string of the molecule is CCCn1cncc1CNCC(F)F. The summed E-state index contributed by atoms with van der Waals surface area (Å²) in [6, 6.07) is 0. The molecule has 1 heterocycles. The molecule has 0 saturated carbocycles. The van der Waals surface area contributed by atoms with Crippen molar-refractivity contribution in [1.29, 1.82) is 0 Å². The number of hydrogen-bond acceptors (Lipinski definition) is 2. The summed E-state index contributed by atoms with van der Waals surface area (Å²) < 4.78 is 25.6. The lowest BCUT2D eigenvalue weighted by atomic mass is 10.4. The molecule has 80 valence electrons. The molecule has 0 fully saturated rings. The molecule has 1 aromatic rings. The maximum Gasteiger partial charge on any atom is 0.250 e. The Kier molecular flexibility index (Phi) is 4.52. The largest absolute Gasteiger partial charge is 0.333 e. The van der Waals surface area contributed by atoms with Gasteiger partial charge >= 0.3 is 0 Å². The van der Waals surface area contributed by atoms with Gasteiger partial charge in [-0.15, -0.1) is 0 Å². The molecule has 0 unspecified atom stereocenters. The Morgan fingerprint density at radius 3 is 3.00 bits per heavy atom. The summed E-state index contributed by atoms with van der Waals surface area (Å²) in [6.07, 6.45) is 2.15. The van der Waals surface area contributed by atoms with Gasteiger partial charge in [0.25, 0.3) is 6.43 Å². The van der Waals surface area contributed by atoms with E-state index in [1.807, 2.05) is 4.57 Å². The van der Waals surface area contributed by atoms with Crippen LogP contribution in [-0.2, 0) is 13.1 Å². The third-order valence-electron chi connectivity index (χ3n) is 1.87. The van der Waals surface area contributed by atoms with Crippen molar-refractivity contribution in [2.45, 2.75) is 32.9 Å². The molecule has 5 heteroatoms. The highest BCUT2D eigenvalue weighted by molar-refractivity contribution is 4.97. The fourth-order valence-electron chi connectivity index (χ4n) is 1.25. The Labute approximate surface area is 82.1 Å². The fraction of sp³-hybridized carbons (Fsp3) is 0.667. The minimum atomic E-state index is -2.29. The molecule has 0 spiro atoms. The molecule has 0 aliphatic rings. The topological polar surface area (TPSA) is 29.9 Å². The minimum absolute atomic E-state index is 0.267. The molecule has 0 saturated heterocycles. The predicted molar refractivity (Wildman–Crippen MR) is 50.2 cm³/mol.